The minimum absolute atomic E-state index is 0.374. The van der Waals surface area contributed by atoms with Crippen molar-refractivity contribution in [3.63, 3.8) is 0 Å². The molecule has 16 heavy (non-hydrogen) atoms. The highest BCUT2D eigenvalue weighted by Crippen LogP contribution is 2.23. The summed E-state index contributed by atoms with van der Waals surface area (Å²) in [5.74, 6) is 0.374. The topological polar surface area (TPSA) is 67.6 Å². The highest BCUT2D eigenvalue weighted by atomic mass is 79.9. The van der Waals surface area contributed by atoms with E-state index in [0.717, 1.165) is 0 Å². The van der Waals surface area contributed by atoms with E-state index in [1.54, 1.807) is 24.4 Å². The van der Waals surface area contributed by atoms with Gasteiger partial charge in [0.1, 0.15) is 6.07 Å². The molecule has 0 amide bonds. The van der Waals surface area contributed by atoms with Gasteiger partial charge >= 0.3 is 0 Å². The zero-order valence-electron chi connectivity index (χ0n) is 7.98. The lowest BCUT2D eigenvalue weighted by Gasteiger charge is -2.03. The van der Waals surface area contributed by atoms with Gasteiger partial charge in [-0.2, -0.15) is 5.26 Å². The monoisotopic (exact) mass is 296 g/mol. The molecule has 0 aliphatic heterocycles. The lowest BCUT2D eigenvalue weighted by atomic mass is 10.2. The van der Waals surface area contributed by atoms with Crippen LogP contribution in [0.15, 0.2) is 28.9 Å². The molecule has 0 saturated carbocycles. The predicted octanol–water partition coefficient (Wildman–Crippen LogP) is 2.74. The Labute approximate surface area is 105 Å². The van der Waals surface area contributed by atoms with E-state index in [1.807, 2.05) is 0 Å². The first-order valence-corrected chi connectivity index (χ1v) is 5.49. The minimum Gasteiger partial charge on any atom is -0.381 e. The molecule has 0 radical (unpaired) electrons. The number of rotatable bonds is 1. The van der Waals surface area contributed by atoms with Crippen LogP contribution in [0.2, 0.25) is 5.02 Å². The quantitative estimate of drug-likeness (QED) is 0.880. The van der Waals surface area contributed by atoms with Crippen LogP contribution in [0.5, 0.6) is 0 Å². The Morgan fingerprint density at radius 2 is 2.25 bits per heavy atom. The van der Waals surface area contributed by atoms with Crippen molar-refractivity contribution >= 4 is 33.3 Å². The Kier molecular flexibility index (Phi) is 2.86. The maximum Gasteiger partial charge on any atom is 0.160 e. The van der Waals surface area contributed by atoms with E-state index in [2.05, 4.69) is 27.1 Å². The van der Waals surface area contributed by atoms with Crippen molar-refractivity contribution in [3.8, 4) is 11.8 Å². The van der Waals surface area contributed by atoms with Crippen LogP contribution in [0.4, 0.5) is 5.82 Å². The molecule has 0 bridgehead atoms. The van der Waals surface area contributed by atoms with Gasteiger partial charge in [0.15, 0.2) is 5.82 Å². The number of hydrogen-bond donors (Lipinski definition) is 1. The Balaban J connectivity index is 2.60. The van der Waals surface area contributed by atoms with Crippen LogP contribution in [-0.4, -0.2) is 9.78 Å². The lowest BCUT2D eigenvalue weighted by Crippen LogP contribution is -1.99. The largest absolute Gasteiger partial charge is 0.381 e. The zero-order valence-corrected chi connectivity index (χ0v) is 10.3. The van der Waals surface area contributed by atoms with E-state index in [0.29, 0.717) is 26.6 Å². The molecule has 0 spiro atoms. The van der Waals surface area contributed by atoms with E-state index >= 15 is 0 Å². The Hall–Kier alpha value is -1.51. The average Bonchev–Trinajstić information content (AvgIpc) is 2.59. The van der Waals surface area contributed by atoms with Crippen molar-refractivity contribution in [2.24, 2.45) is 0 Å². The van der Waals surface area contributed by atoms with Crippen LogP contribution in [0.1, 0.15) is 5.56 Å². The van der Waals surface area contributed by atoms with Gasteiger partial charge in [-0.3, -0.25) is 0 Å². The molecule has 1 aromatic heterocycles. The minimum atomic E-state index is 0.374. The van der Waals surface area contributed by atoms with Gasteiger partial charge in [-0.1, -0.05) is 11.6 Å². The summed E-state index contributed by atoms with van der Waals surface area (Å²) >= 11 is 9.06. The molecule has 1 aromatic carbocycles. The van der Waals surface area contributed by atoms with Gasteiger partial charge in [0.05, 0.1) is 15.7 Å². The smallest absolute Gasteiger partial charge is 0.160 e. The van der Waals surface area contributed by atoms with Gasteiger partial charge in [-0.05, 0) is 34.1 Å². The van der Waals surface area contributed by atoms with Crippen molar-refractivity contribution in [1.82, 2.24) is 9.78 Å². The number of nitriles is 1. The molecule has 0 atom stereocenters. The molecule has 4 nitrogen and oxygen atoms in total. The predicted molar refractivity (Wildman–Crippen MR) is 65.4 cm³/mol. The molecular formula is C10H6BrClN4. The van der Waals surface area contributed by atoms with Crippen molar-refractivity contribution in [1.29, 1.82) is 5.26 Å². The van der Waals surface area contributed by atoms with Crippen molar-refractivity contribution in [2.45, 2.75) is 0 Å². The molecule has 0 unspecified atom stereocenters. The molecular weight excluding hydrogens is 291 g/mol. The highest BCUT2D eigenvalue weighted by Gasteiger charge is 2.08. The average molecular weight is 298 g/mol. The third kappa shape index (κ3) is 1.90. The van der Waals surface area contributed by atoms with E-state index in [9.17, 15) is 0 Å². The molecule has 2 aromatic rings. The van der Waals surface area contributed by atoms with E-state index in [-0.39, 0.29) is 0 Å². The summed E-state index contributed by atoms with van der Waals surface area (Å²) in [5.41, 5.74) is 6.70. The van der Waals surface area contributed by atoms with Crippen LogP contribution in [-0.2, 0) is 0 Å². The first kappa shape index (κ1) is 11.0. The summed E-state index contributed by atoms with van der Waals surface area (Å²) < 4.78 is 2.22. The maximum atomic E-state index is 8.99. The normalized spacial score (nSPS) is 10.1. The molecule has 0 fully saturated rings. The number of halogens is 2. The summed E-state index contributed by atoms with van der Waals surface area (Å²) in [5, 5.41) is 13.6. The number of hydrogen-bond acceptors (Lipinski definition) is 3. The number of nitrogen functional groups attached to an aromatic ring is 1. The molecule has 0 aliphatic carbocycles. The summed E-state index contributed by atoms with van der Waals surface area (Å²) in [6, 6.07) is 7.07. The van der Waals surface area contributed by atoms with E-state index in [4.69, 9.17) is 22.6 Å². The Bertz CT molecular complexity index is 565. The highest BCUT2D eigenvalue weighted by molar-refractivity contribution is 9.10. The van der Waals surface area contributed by atoms with Gasteiger partial charge in [0, 0.05) is 11.2 Å². The molecule has 6 heteroatoms. The van der Waals surface area contributed by atoms with E-state index in [1.165, 1.54) is 4.68 Å². The summed E-state index contributed by atoms with van der Waals surface area (Å²) in [6.45, 7) is 0. The van der Waals surface area contributed by atoms with Crippen molar-refractivity contribution < 1.29 is 0 Å². The Morgan fingerprint density at radius 1 is 1.50 bits per heavy atom. The molecule has 1 heterocycles. The van der Waals surface area contributed by atoms with E-state index < -0.39 is 0 Å². The number of nitrogens with zero attached hydrogens (tertiary/aromatic N) is 3. The van der Waals surface area contributed by atoms with Gasteiger partial charge in [-0.15, -0.1) is 5.10 Å². The second-order valence-electron chi connectivity index (χ2n) is 3.08. The summed E-state index contributed by atoms with van der Waals surface area (Å²) in [4.78, 5) is 0. The van der Waals surface area contributed by atoms with Crippen molar-refractivity contribution in [2.75, 3.05) is 5.73 Å². The van der Waals surface area contributed by atoms with Crippen LogP contribution in [0.3, 0.4) is 0 Å². The van der Waals surface area contributed by atoms with Crippen LogP contribution in [0, 0.1) is 11.3 Å². The van der Waals surface area contributed by atoms with Gasteiger partial charge < -0.3 is 5.73 Å². The SMILES string of the molecule is N#Cc1cc(Cl)ccc1-n1cc(Br)c(N)n1. The summed E-state index contributed by atoms with van der Waals surface area (Å²) in [6.07, 6.45) is 1.69. The summed E-state index contributed by atoms with van der Waals surface area (Å²) in [7, 11) is 0. The lowest BCUT2D eigenvalue weighted by molar-refractivity contribution is 0.882. The second-order valence-corrected chi connectivity index (χ2v) is 4.37. The number of anilines is 1. The standard InChI is InChI=1S/C10H6BrClN4/c11-8-5-16(15-10(8)14)9-2-1-7(12)3-6(9)4-13/h1-3,5H,(H2,14,15). The number of benzene rings is 1. The van der Waals surface area contributed by atoms with Crippen molar-refractivity contribution in [3.05, 3.63) is 39.5 Å². The number of aromatic nitrogens is 2. The van der Waals surface area contributed by atoms with Gasteiger partial charge in [0.25, 0.3) is 0 Å². The third-order valence-electron chi connectivity index (χ3n) is 2.02. The van der Waals surface area contributed by atoms with Crippen LogP contribution >= 0.6 is 27.5 Å². The fourth-order valence-electron chi connectivity index (χ4n) is 1.29. The molecule has 0 saturated heterocycles. The second kappa shape index (κ2) is 4.16. The fourth-order valence-corrected chi connectivity index (χ4v) is 1.73. The zero-order chi connectivity index (χ0) is 11.7. The fraction of sp³-hybridized carbons (Fsp3) is 0. The number of nitrogens with two attached hydrogens (primary N) is 1. The van der Waals surface area contributed by atoms with Crippen LogP contribution < -0.4 is 5.73 Å². The molecule has 2 N–H and O–H groups in total. The molecule has 0 aliphatic rings. The first-order chi connectivity index (χ1) is 7.61. The molecule has 80 valence electrons. The van der Waals surface area contributed by atoms with Crippen LogP contribution in [0.25, 0.3) is 5.69 Å². The first-order valence-electron chi connectivity index (χ1n) is 4.32. The third-order valence-corrected chi connectivity index (χ3v) is 2.87. The maximum absolute atomic E-state index is 8.99. The molecule has 2 rings (SSSR count). The van der Waals surface area contributed by atoms with Gasteiger partial charge in [0.2, 0.25) is 0 Å². The van der Waals surface area contributed by atoms with Gasteiger partial charge in [-0.25, -0.2) is 4.68 Å². The Morgan fingerprint density at radius 3 is 2.81 bits per heavy atom.